The van der Waals surface area contributed by atoms with Crippen LogP contribution >= 0.6 is 0 Å². The van der Waals surface area contributed by atoms with E-state index in [1.165, 1.54) is 12.1 Å². The van der Waals surface area contributed by atoms with Crippen molar-refractivity contribution in [2.75, 3.05) is 5.32 Å². The third-order valence-corrected chi connectivity index (χ3v) is 4.05. The molecule has 150 valence electrons. The molecule has 0 radical (unpaired) electrons. The Kier molecular flexibility index (Phi) is 4.94. The largest absolute Gasteiger partial charge is 0.416 e. The number of benzene rings is 1. The number of amides is 1. The number of hydrogen-bond donors (Lipinski definition) is 1. The lowest BCUT2D eigenvalue weighted by molar-refractivity contribution is -0.143. The van der Waals surface area contributed by atoms with Crippen molar-refractivity contribution in [3.05, 3.63) is 57.5 Å². The average Bonchev–Trinajstić information content (AvgIpc) is 3.40. The van der Waals surface area contributed by atoms with E-state index < -0.39 is 47.2 Å². The van der Waals surface area contributed by atoms with Gasteiger partial charge in [-0.25, -0.2) is 4.68 Å². The van der Waals surface area contributed by atoms with Crippen molar-refractivity contribution in [3.63, 3.8) is 0 Å². The molecular formula is C17H13F6N3O2. The normalized spacial score (nSPS) is 14.8. The first-order valence-corrected chi connectivity index (χ1v) is 8.11. The first kappa shape index (κ1) is 19.9. The molecular weight excluding hydrogens is 392 g/mol. The zero-order valence-electron chi connectivity index (χ0n) is 14.1. The molecule has 28 heavy (non-hydrogen) atoms. The van der Waals surface area contributed by atoms with Gasteiger partial charge in [0.05, 0.1) is 16.8 Å². The summed E-state index contributed by atoms with van der Waals surface area (Å²) >= 11 is 0. The molecule has 11 heteroatoms. The number of nitrogens with one attached hydrogen (secondary N) is 1. The lowest BCUT2D eigenvalue weighted by Crippen LogP contribution is -2.29. The van der Waals surface area contributed by atoms with Gasteiger partial charge in [-0.05, 0) is 37.1 Å². The monoisotopic (exact) mass is 405 g/mol. The van der Waals surface area contributed by atoms with Gasteiger partial charge in [-0.3, -0.25) is 9.59 Å². The van der Waals surface area contributed by atoms with E-state index in [2.05, 4.69) is 5.10 Å². The SMILES string of the molecule is O=C(Cn1nc(C2CC2)ccc1=O)Nc1cc(C(F)(F)F)cc(C(F)(F)F)c1. The number of carbonyl (C=O) groups excluding carboxylic acids is 1. The van der Waals surface area contributed by atoms with Crippen LogP contribution in [0.4, 0.5) is 32.0 Å². The summed E-state index contributed by atoms with van der Waals surface area (Å²) in [5, 5.41) is 5.98. The molecule has 1 saturated carbocycles. The Bertz CT molecular complexity index is 928. The molecule has 1 N–H and O–H groups in total. The number of alkyl halides is 6. The zero-order chi connectivity index (χ0) is 20.7. The summed E-state index contributed by atoms with van der Waals surface area (Å²) in [6, 6.07) is 3.48. The maximum atomic E-state index is 12.9. The highest BCUT2D eigenvalue weighted by molar-refractivity contribution is 5.90. The third kappa shape index (κ3) is 4.70. The van der Waals surface area contributed by atoms with Crippen LogP contribution in [-0.2, 0) is 23.7 Å². The molecule has 1 aromatic carbocycles. The van der Waals surface area contributed by atoms with E-state index in [1.807, 2.05) is 5.32 Å². The van der Waals surface area contributed by atoms with Crippen molar-refractivity contribution in [3.8, 4) is 0 Å². The van der Waals surface area contributed by atoms with E-state index in [0.29, 0.717) is 17.8 Å². The molecule has 0 aliphatic heterocycles. The van der Waals surface area contributed by atoms with E-state index in [-0.39, 0.29) is 12.0 Å². The predicted octanol–water partition coefficient (Wildman–Crippen LogP) is 3.80. The lowest BCUT2D eigenvalue weighted by atomic mass is 10.1. The first-order chi connectivity index (χ1) is 12.9. The Morgan fingerprint density at radius 2 is 1.61 bits per heavy atom. The number of halogens is 6. The van der Waals surface area contributed by atoms with E-state index in [0.717, 1.165) is 17.5 Å². The summed E-state index contributed by atoms with van der Waals surface area (Å²) in [4.78, 5) is 23.9. The minimum Gasteiger partial charge on any atom is -0.324 e. The van der Waals surface area contributed by atoms with Gasteiger partial charge in [0.15, 0.2) is 0 Å². The van der Waals surface area contributed by atoms with Crippen molar-refractivity contribution in [2.24, 2.45) is 0 Å². The second-order valence-electron chi connectivity index (χ2n) is 6.37. The van der Waals surface area contributed by atoms with Crippen LogP contribution in [-0.4, -0.2) is 15.7 Å². The molecule has 3 rings (SSSR count). The van der Waals surface area contributed by atoms with E-state index in [9.17, 15) is 35.9 Å². The molecule has 1 aromatic heterocycles. The third-order valence-electron chi connectivity index (χ3n) is 4.05. The van der Waals surface area contributed by atoms with Gasteiger partial charge in [-0.2, -0.15) is 31.4 Å². The highest BCUT2D eigenvalue weighted by Gasteiger charge is 2.37. The number of nitrogens with zero attached hydrogens (tertiary/aromatic N) is 2. The Morgan fingerprint density at radius 1 is 1.04 bits per heavy atom. The lowest BCUT2D eigenvalue weighted by Gasteiger charge is -2.15. The number of rotatable bonds is 4. The van der Waals surface area contributed by atoms with Gasteiger partial charge < -0.3 is 5.32 Å². The second kappa shape index (κ2) is 6.95. The Morgan fingerprint density at radius 3 is 2.11 bits per heavy atom. The van der Waals surface area contributed by atoms with Gasteiger partial charge in [0.25, 0.3) is 5.56 Å². The van der Waals surface area contributed by atoms with Gasteiger partial charge in [0, 0.05) is 17.7 Å². The predicted molar refractivity (Wildman–Crippen MR) is 85.5 cm³/mol. The standard InChI is InChI=1S/C17H13F6N3O2/c18-16(19,20)10-5-11(17(21,22)23)7-12(6-10)24-14(27)8-26-15(28)4-3-13(25-26)9-1-2-9/h3-7,9H,1-2,8H2,(H,24,27). The van der Waals surface area contributed by atoms with Gasteiger partial charge in [-0.15, -0.1) is 0 Å². The molecule has 2 aromatic rings. The van der Waals surface area contributed by atoms with Crippen LogP contribution in [0.15, 0.2) is 35.1 Å². The smallest absolute Gasteiger partial charge is 0.324 e. The highest BCUT2D eigenvalue weighted by Crippen LogP contribution is 2.38. The van der Waals surface area contributed by atoms with Crippen LogP contribution < -0.4 is 10.9 Å². The van der Waals surface area contributed by atoms with Crippen LogP contribution in [0.3, 0.4) is 0 Å². The van der Waals surface area contributed by atoms with Crippen molar-refractivity contribution in [2.45, 2.75) is 37.7 Å². The quantitative estimate of drug-likeness (QED) is 0.788. The fourth-order valence-electron chi connectivity index (χ4n) is 2.54. The minimum atomic E-state index is -5.03. The summed E-state index contributed by atoms with van der Waals surface area (Å²) in [6.45, 7) is -0.642. The molecule has 0 bridgehead atoms. The van der Waals surface area contributed by atoms with Crippen LogP contribution in [0.2, 0.25) is 0 Å². The van der Waals surface area contributed by atoms with E-state index in [1.54, 1.807) is 0 Å². The summed E-state index contributed by atoms with van der Waals surface area (Å²) in [7, 11) is 0. The Labute approximate surface area is 154 Å². The van der Waals surface area contributed by atoms with E-state index in [4.69, 9.17) is 0 Å². The summed E-state index contributed by atoms with van der Waals surface area (Å²) in [5.41, 5.74) is -3.80. The molecule has 1 amide bonds. The van der Waals surface area contributed by atoms with Gasteiger partial charge in [0.2, 0.25) is 5.91 Å². The van der Waals surface area contributed by atoms with Crippen molar-refractivity contribution in [1.82, 2.24) is 9.78 Å². The summed E-state index contributed by atoms with van der Waals surface area (Å²) < 4.78 is 78.0. The maximum absolute atomic E-state index is 12.9. The van der Waals surface area contributed by atoms with Crippen LogP contribution in [0.1, 0.15) is 35.6 Å². The zero-order valence-corrected chi connectivity index (χ0v) is 14.1. The molecule has 0 spiro atoms. The molecule has 1 heterocycles. The van der Waals surface area contributed by atoms with Gasteiger partial charge in [-0.1, -0.05) is 0 Å². The van der Waals surface area contributed by atoms with Crippen LogP contribution in [0, 0.1) is 0 Å². The van der Waals surface area contributed by atoms with Gasteiger partial charge >= 0.3 is 12.4 Å². The fourth-order valence-corrected chi connectivity index (χ4v) is 2.54. The highest BCUT2D eigenvalue weighted by atomic mass is 19.4. The minimum absolute atomic E-state index is 0.0409. The maximum Gasteiger partial charge on any atom is 0.416 e. The van der Waals surface area contributed by atoms with Crippen LogP contribution in [0.5, 0.6) is 0 Å². The molecule has 1 aliphatic carbocycles. The number of anilines is 1. The van der Waals surface area contributed by atoms with E-state index >= 15 is 0 Å². The van der Waals surface area contributed by atoms with Crippen molar-refractivity contribution < 1.29 is 31.1 Å². The first-order valence-electron chi connectivity index (χ1n) is 8.11. The molecule has 1 aliphatic rings. The van der Waals surface area contributed by atoms with Gasteiger partial charge in [0.1, 0.15) is 6.54 Å². The Balaban J connectivity index is 1.84. The number of carbonyl (C=O) groups is 1. The molecule has 1 fully saturated rings. The summed E-state index contributed by atoms with van der Waals surface area (Å²) in [6.07, 6.45) is -8.28. The molecule has 0 saturated heterocycles. The van der Waals surface area contributed by atoms with Crippen LogP contribution in [0.25, 0.3) is 0 Å². The molecule has 5 nitrogen and oxygen atoms in total. The molecule has 0 atom stereocenters. The number of aromatic nitrogens is 2. The topological polar surface area (TPSA) is 64.0 Å². The second-order valence-corrected chi connectivity index (χ2v) is 6.37. The summed E-state index contributed by atoms with van der Waals surface area (Å²) in [5.74, 6) is -0.789. The molecule has 0 unspecified atom stereocenters. The van der Waals surface area contributed by atoms with Crippen molar-refractivity contribution >= 4 is 11.6 Å². The van der Waals surface area contributed by atoms with Crippen molar-refractivity contribution in [1.29, 1.82) is 0 Å². The number of hydrogen-bond acceptors (Lipinski definition) is 3. The average molecular weight is 405 g/mol. The Hall–Kier alpha value is -2.85. The fraction of sp³-hybridized carbons (Fsp3) is 0.353.